The van der Waals surface area contributed by atoms with Crippen LogP contribution in [0.2, 0.25) is 0 Å². The molecule has 0 fully saturated rings. The Morgan fingerprint density at radius 2 is 1.80 bits per heavy atom. The van der Waals surface area contributed by atoms with E-state index in [0.717, 1.165) is 5.57 Å². The van der Waals surface area contributed by atoms with Gasteiger partial charge in [0.2, 0.25) is 5.91 Å². The number of anilines is 1. The van der Waals surface area contributed by atoms with Gasteiger partial charge < -0.3 is 10.1 Å². The predicted molar refractivity (Wildman–Crippen MR) is 79.6 cm³/mol. The fraction of sp³-hybridized carbons (Fsp3) is 0.375. The molecule has 0 bridgehead atoms. The maximum atomic E-state index is 11.7. The first-order chi connectivity index (χ1) is 9.38. The quantitative estimate of drug-likeness (QED) is 0.662. The monoisotopic (exact) mass is 275 g/mol. The second-order valence-electron chi connectivity index (χ2n) is 5.28. The first-order valence-corrected chi connectivity index (χ1v) is 6.61. The van der Waals surface area contributed by atoms with Crippen LogP contribution in [-0.2, 0) is 9.53 Å². The topological polar surface area (TPSA) is 55.4 Å². The number of amides is 1. The molecule has 0 unspecified atom stereocenters. The Balaban J connectivity index is 2.62. The van der Waals surface area contributed by atoms with Gasteiger partial charge in [-0.15, -0.1) is 0 Å². The molecule has 0 aliphatic rings. The molecule has 0 saturated heterocycles. The SMILES string of the molecule is CC(C)=CC(=O)Nc1ccc(C(=O)OCC(C)C)cc1. The highest BCUT2D eigenvalue weighted by molar-refractivity contribution is 6.00. The number of rotatable bonds is 5. The molecule has 0 aliphatic carbocycles. The van der Waals surface area contributed by atoms with Gasteiger partial charge in [-0.2, -0.15) is 0 Å². The van der Waals surface area contributed by atoms with Crippen molar-refractivity contribution in [3.05, 3.63) is 41.5 Å². The Morgan fingerprint density at radius 1 is 1.20 bits per heavy atom. The average molecular weight is 275 g/mol. The lowest BCUT2D eigenvalue weighted by Crippen LogP contribution is -2.11. The van der Waals surface area contributed by atoms with E-state index in [-0.39, 0.29) is 11.9 Å². The van der Waals surface area contributed by atoms with Crippen LogP contribution < -0.4 is 5.32 Å². The summed E-state index contributed by atoms with van der Waals surface area (Å²) in [5.74, 6) is -0.220. The number of esters is 1. The lowest BCUT2D eigenvalue weighted by molar-refractivity contribution is -0.111. The Labute approximate surface area is 119 Å². The molecule has 0 atom stereocenters. The molecule has 0 spiro atoms. The molecular formula is C16H21NO3. The summed E-state index contributed by atoms with van der Waals surface area (Å²) in [7, 11) is 0. The zero-order valence-electron chi connectivity index (χ0n) is 12.4. The maximum absolute atomic E-state index is 11.7. The van der Waals surface area contributed by atoms with Crippen LogP contribution in [0.15, 0.2) is 35.9 Å². The second kappa shape index (κ2) is 7.48. The first kappa shape index (κ1) is 16.0. The molecule has 0 heterocycles. The normalized spacial score (nSPS) is 10.1. The number of hydrogen-bond donors (Lipinski definition) is 1. The van der Waals surface area contributed by atoms with Gasteiger partial charge in [0.05, 0.1) is 12.2 Å². The van der Waals surface area contributed by atoms with Crippen LogP contribution in [0.25, 0.3) is 0 Å². The smallest absolute Gasteiger partial charge is 0.338 e. The zero-order chi connectivity index (χ0) is 15.1. The number of nitrogens with one attached hydrogen (secondary N) is 1. The predicted octanol–water partition coefficient (Wildman–Crippen LogP) is 3.40. The number of ether oxygens (including phenoxy) is 1. The Bertz CT molecular complexity index is 497. The maximum Gasteiger partial charge on any atom is 0.338 e. The van der Waals surface area contributed by atoms with Crippen LogP contribution in [0, 0.1) is 5.92 Å². The summed E-state index contributed by atoms with van der Waals surface area (Å²) in [4.78, 5) is 23.2. The van der Waals surface area contributed by atoms with Crippen molar-refractivity contribution in [3.8, 4) is 0 Å². The van der Waals surface area contributed by atoms with E-state index in [2.05, 4.69) is 5.32 Å². The van der Waals surface area contributed by atoms with Gasteiger partial charge in [0.25, 0.3) is 0 Å². The molecule has 0 saturated carbocycles. The van der Waals surface area contributed by atoms with E-state index < -0.39 is 0 Å². The van der Waals surface area contributed by atoms with E-state index in [1.54, 1.807) is 24.3 Å². The lowest BCUT2D eigenvalue weighted by atomic mass is 10.2. The van der Waals surface area contributed by atoms with E-state index in [1.807, 2.05) is 27.7 Å². The highest BCUT2D eigenvalue weighted by Gasteiger charge is 2.08. The average Bonchev–Trinajstić information content (AvgIpc) is 2.35. The number of carbonyl (C=O) groups excluding carboxylic acids is 2. The van der Waals surface area contributed by atoms with Gasteiger partial charge in [0.15, 0.2) is 0 Å². The molecule has 0 aliphatic heterocycles. The first-order valence-electron chi connectivity index (χ1n) is 6.61. The summed E-state index contributed by atoms with van der Waals surface area (Å²) >= 11 is 0. The molecule has 4 nitrogen and oxygen atoms in total. The van der Waals surface area contributed by atoms with Crippen molar-refractivity contribution in [3.63, 3.8) is 0 Å². The summed E-state index contributed by atoms with van der Waals surface area (Å²) < 4.78 is 5.13. The number of allylic oxidation sites excluding steroid dienone is 1. The minimum atomic E-state index is -0.346. The van der Waals surface area contributed by atoms with Crippen molar-refractivity contribution < 1.29 is 14.3 Å². The van der Waals surface area contributed by atoms with Crippen molar-refractivity contribution >= 4 is 17.6 Å². The van der Waals surface area contributed by atoms with Crippen LogP contribution in [0.5, 0.6) is 0 Å². The van der Waals surface area contributed by atoms with Gasteiger partial charge in [0, 0.05) is 11.8 Å². The van der Waals surface area contributed by atoms with E-state index >= 15 is 0 Å². The third-order valence-electron chi connectivity index (χ3n) is 2.36. The summed E-state index contributed by atoms with van der Waals surface area (Å²) in [6, 6.07) is 6.65. The molecule has 4 heteroatoms. The summed E-state index contributed by atoms with van der Waals surface area (Å²) in [6.45, 7) is 8.07. The molecular weight excluding hydrogens is 254 g/mol. The van der Waals surface area contributed by atoms with E-state index in [1.165, 1.54) is 6.08 Å². The van der Waals surface area contributed by atoms with Crippen LogP contribution in [0.1, 0.15) is 38.1 Å². The third kappa shape index (κ3) is 5.69. The molecule has 108 valence electrons. The Morgan fingerprint density at radius 3 is 2.30 bits per heavy atom. The molecule has 0 radical (unpaired) electrons. The molecule has 0 aromatic heterocycles. The fourth-order valence-electron chi connectivity index (χ4n) is 1.46. The molecule has 20 heavy (non-hydrogen) atoms. The molecule has 1 amide bonds. The van der Waals surface area contributed by atoms with Crippen LogP contribution in [-0.4, -0.2) is 18.5 Å². The molecule has 1 aromatic rings. The van der Waals surface area contributed by atoms with E-state index in [4.69, 9.17) is 4.74 Å². The van der Waals surface area contributed by atoms with Gasteiger partial charge in [-0.05, 0) is 44.0 Å². The van der Waals surface area contributed by atoms with Gasteiger partial charge in [-0.25, -0.2) is 4.79 Å². The van der Waals surface area contributed by atoms with Crippen molar-refractivity contribution in [2.45, 2.75) is 27.7 Å². The van der Waals surface area contributed by atoms with Crippen molar-refractivity contribution in [1.82, 2.24) is 0 Å². The minimum Gasteiger partial charge on any atom is -0.462 e. The Kier molecular flexibility index (Phi) is 5.97. The van der Waals surface area contributed by atoms with Gasteiger partial charge >= 0.3 is 5.97 Å². The lowest BCUT2D eigenvalue weighted by Gasteiger charge is -2.08. The van der Waals surface area contributed by atoms with Gasteiger partial charge in [-0.1, -0.05) is 19.4 Å². The zero-order valence-corrected chi connectivity index (χ0v) is 12.4. The summed E-state index contributed by atoms with van der Waals surface area (Å²) in [5.41, 5.74) is 2.05. The van der Waals surface area contributed by atoms with Crippen LogP contribution in [0.3, 0.4) is 0 Å². The van der Waals surface area contributed by atoms with Crippen molar-refractivity contribution in [1.29, 1.82) is 0 Å². The van der Waals surface area contributed by atoms with E-state index in [0.29, 0.717) is 23.8 Å². The van der Waals surface area contributed by atoms with Gasteiger partial charge in [-0.3, -0.25) is 4.79 Å². The molecule has 1 aromatic carbocycles. The van der Waals surface area contributed by atoms with Crippen molar-refractivity contribution in [2.24, 2.45) is 5.92 Å². The molecule has 1 N–H and O–H groups in total. The summed E-state index contributed by atoms with van der Waals surface area (Å²) in [5, 5.41) is 2.72. The fourth-order valence-corrected chi connectivity index (χ4v) is 1.46. The van der Waals surface area contributed by atoms with Gasteiger partial charge in [0.1, 0.15) is 0 Å². The highest BCUT2D eigenvalue weighted by Crippen LogP contribution is 2.11. The summed E-state index contributed by atoms with van der Waals surface area (Å²) in [6.07, 6.45) is 1.52. The van der Waals surface area contributed by atoms with Crippen LogP contribution >= 0.6 is 0 Å². The minimum absolute atomic E-state index is 0.180. The largest absolute Gasteiger partial charge is 0.462 e. The number of carbonyl (C=O) groups is 2. The second-order valence-corrected chi connectivity index (χ2v) is 5.28. The van der Waals surface area contributed by atoms with E-state index in [9.17, 15) is 9.59 Å². The highest BCUT2D eigenvalue weighted by atomic mass is 16.5. The standard InChI is InChI=1S/C16H21NO3/c1-11(2)9-15(18)17-14-7-5-13(6-8-14)16(19)20-10-12(3)4/h5-9,12H,10H2,1-4H3,(H,17,18). The van der Waals surface area contributed by atoms with Crippen LogP contribution in [0.4, 0.5) is 5.69 Å². The number of hydrogen-bond acceptors (Lipinski definition) is 3. The van der Waals surface area contributed by atoms with Crippen molar-refractivity contribution in [2.75, 3.05) is 11.9 Å². The number of benzene rings is 1. The third-order valence-corrected chi connectivity index (χ3v) is 2.36. The molecule has 1 rings (SSSR count). The Hall–Kier alpha value is -2.10.